The van der Waals surface area contributed by atoms with E-state index >= 15 is 0 Å². The average molecular weight is 209 g/mol. The van der Waals surface area contributed by atoms with Crippen LogP contribution >= 0.6 is 0 Å². The number of aliphatic carboxylic acids is 1. The fraction of sp³-hybridized carbons (Fsp3) is 0.600. The number of nitrogens with zero attached hydrogens (tertiary/aromatic N) is 3. The summed E-state index contributed by atoms with van der Waals surface area (Å²) in [6, 6.07) is 0. The van der Waals surface area contributed by atoms with Crippen LogP contribution in [0.5, 0.6) is 0 Å². The molecule has 0 saturated carbocycles. The zero-order chi connectivity index (χ0) is 10.8. The van der Waals surface area contributed by atoms with Gasteiger partial charge in [0.25, 0.3) is 0 Å². The first-order valence-corrected chi connectivity index (χ1v) is 5.13. The van der Waals surface area contributed by atoms with Crippen molar-refractivity contribution in [2.24, 2.45) is 13.0 Å². The maximum atomic E-state index is 10.9. The van der Waals surface area contributed by atoms with Crippen LogP contribution in [0.25, 0.3) is 0 Å². The minimum absolute atomic E-state index is 0.237. The summed E-state index contributed by atoms with van der Waals surface area (Å²) in [7, 11) is 1.86. The molecule has 0 amide bonds. The van der Waals surface area contributed by atoms with Gasteiger partial charge in [0, 0.05) is 26.3 Å². The van der Waals surface area contributed by atoms with Crippen LogP contribution in [0.1, 0.15) is 12.8 Å². The van der Waals surface area contributed by atoms with E-state index in [1.54, 1.807) is 10.9 Å². The summed E-state index contributed by atoms with van der Waals surface area (Å²) in [5, 5.41) is 13.0. The van der Waals surface area contributed by atoms with Gasteiger partial charge in [-0.25, -0.2) is 0 Å². The summed E-state index contributed by atoms with van der Waals surface area (Å²) >= 11 is 0. The molecule has 0 bridgehead atoms. The quantitative estimate of drug-likeness (QED) is 0.779. The SMILES string of the molecule is Cn1cc(N2CCCC(C(=O)O)C2)cn1. The van der Waals surface area contributed by atoms with Crippen LogP contribution in [0.2, 0.25) is 0 Å². The fourth-order valence-electron chi connectivity index (χ4n) is 1.98. The highest BCUT2D eigenvalue weighted by Crippen LogP contribution is 2.22. The van der Waals surface area contributed by atoms with Crippen molar-refractivity contribution >= 4 is 11.7 Å². The molecule has 5 heteroatoms. The number of aryl methyl sites for hydroxylation is 1. The van der Waals surface area contributed by atoms with Crippen LogP contribution in [0.3, 0.4) is 0 Å². The highest BCUT2D eigenvalue weighted by Gasteiger charge is 2.25. The summed E-state index contributed by atoms with van der Waals surface area (Å²) in [6.45, 7) is 1.52. The normalized spacial score (nSPS) is 21.7. The van der Waals surface area contributed by atoms with Gasteiger partial charge in [-0.15, -0.1) is 0 Å². The van der Waals surface area contributed by atoms with Gasteiger partial charge < -0.3 is 10.0 Å². The van der Waals surface area contributed by atoms with E-state index in [0.29, 0.717) is 6.54 Å². The van der Waals surface area contributed by atoms with Crippen molar-refractivity contribution in [1.82, 2.24) is 9.78 Å². The molecular weight excluding hydrogens is 194 g/mol. The molecule has 5 nitrogen and oxygen atoms in total. The first-order chi connectivity index (χ1) is 7.16. The van der Waals surface area contributed by atoms with Gasteiger partial charge >= 0.3 is 5.97 Å². The van der Waals surface area contributed by atoms with Crippen LogP contribution < -0.4 is 4.90 Å². The van der Waals surface area contributed by atoms with Crippen molar-refractivity contribution in [3.8, 4) is 0 Å². The lowest BCUT2D eigenvalue weighted by Gasteiger charge is -2.31. The molecule has 2 rings (SSSR count). The number of aromatic nitrogens is 2. The van der Waals surface area contributed by atoms with Gasteiger partial charge in [0.05, 0.1) is 17.8 Å². The molecule has 82 valence electrons. The summed E-state index contributed by atoms with van der Waals surface area (Å²) in [4.78, 5) is 13.0. The molecule has 1 aliphatic heterocycles. The third-order valence-corrected chi connectivity index (χ3v) is 2.83. The second-order valence-corrected chi connectivity index (χ2v) is 4.00. The summed E-state index contributed by atoms with van der Waals surface area (Å²) in [5.41, 5.74) is 1.02. The molecular formula is C10H15N3O2. The lowest BCUT2D eigenvalue weighted by Crippen LogP contribution is -2.38. The van der Waals surface area contributed by atoms with E-state index in [4.69, 9.17) is 5.11 Å². The van der Waals surface area contributed by atoms with E-state index < -0.39 is 5.97 Å². The summed E-state index contributed by atoms with van der Waals surface area (Å²) in [6.07, 6.45) is 5.42. The Morgan fingerprint density at radius 1 is 1.67 bits per heavy atom. The second-order valence-electron chi connectivity index (χ2n) is 4.00. The minimum atomic E-state index is -0.691. The van der Waals surface area contributed by atoms with Crippen molar-refractivity contribution < 1.29 is 9.90 Å². The number of carbonyl (C=O) groups is 1. The van der Waals surface area contributed by atoms with E-state index in [0.717, 1.165) is 25.1 Å². The van der Waals surface area contributed by atoms with Crippen molar-refractivity contribution in [3.05, 3.63) is 12.4 Å². The third-order valence-electron chi connectivity index (χ3n) is 2.83. The molecule has 1 N–H and O–H groups in total. The molecule has 1 aliphatic rings. The molecule has 0 radical (unpaired) electrons. The van der Waals surface area contributed by atoms with Gasteiger partial charge in [-0.05, 0) is 12.8 Å². The predicted octanol–water partition coefficient (Wildman–Crippen LogP) is 0.721. The first kappa shape index (κ1) is 10.0. The number of rotatable bonds is 2. The van der Waals surface area contributed by atoms with E-state index in [1.807, 2.05) is 13.2 Å². The molecule has 0 aliphatic carbocycles. The van der Waals surface area contributed by atoms with Gasteiger partial charge in [0.15, 0.2) is 0 Å². The van der Waals surface area contributed by atoms with Crippen LogP contribution in [0, 0.1) is 5.92 Å². The van der Waals surface area contributed by atoms with Crippen LogP contribution in [-0.4, -0.2) is 33.9 Å². The van der Waals surface area contributed by atoms with Gasteiger partial charge in [-0.1, -0.05) is 0 Å². The zero-order valence-electron chi connectivity index (χ0n) is 8.76. The number of hydrogen-bond acceptors (Lipinski definition) is 3. The number of hydrogen-bond donors (Lipinski definition) is 1. The topological polar surface area (TPSA) is 58.4 Å². The minimum Gasteiger partial charge on any atom is -0.481 e. The predicted molar refractivity (Wildman–Crippen MR) is 55.8 cm³/mol. The van der Waals surface area contributed by atoms with E-state index in [2.05, 4.69) is 10.00 Å². The van der Waals surface area contributed by atoms with E-state index in [-0.39, 0.29) is 5.92 Å². The molecule has 1 saturated heterocycles. The molecule has 1 unspecified atom stereocenters. The Morgan fingerprint density at radius 3 is 3.07 bits per heavy atom. The zero-order valence-corrected chi connectivity index (χ0v) is 8.76. The van der Waals surface area contributed by atoms with Gasteiger partial charge in [0.1, 0.15) is 0 Å². The monoisotopic (exact) mass is 209 g/mol. The van der Waals surface area contributed by atoms with E-state index in [1.165, 1.54) is 0 Å². The van der Waals surface area contributed by atoms with Crippen LogP contribution in [-0.2, 0) is 11.8 Å². The highest BCUT2D eigenvalue weighted by molar-refractivity contribution is 5.71. The number of carboxylic acid groups (broad SMARTS) is 1. The van der Waals surface area contributed by atoms with Crippen LogP contribution in [0.4, 0.5) is 5.69 Å². The number of carboxylic acids is 1. The molecule has 1 fully saturated rings. The largest absolute Gasteiger partial charge is 0.481 e. The average Bonchev–Trinajstić information content (AvgIpc) is 2.65. The van der Waals surface area contributed by atoms with Gasteiger partial charge in [-0.2, -0.15) is 5.10 Å². The maximum Gasteiger partial charge on any atom is 0.308 e. The smallest absolute Gasteiger partial charge is 0.308 e. The Bertz CT molecular complexity index is 361. The Hall–Kier alpha value is -1.52. The molecule has 0 aromatic carbocycles. The fourth-order valence-corrected chi connectivity index (χ4v) is 1.98. The third kappa shape index (κ3) is 2.11. The Labute approximate surface area is 88.3 Å². The van der Waals surface area contributed by atoms with Gasteiger partial charge in [-0.3, -0.25) is 9.48 Å². The van der Waals surface area contributed by atoms with E-state index in [9.17, 15) is 4.79 Å². The maximum absolute atomic E-state index is 10.9. The van der Waals surface area contributed by atoms with Gasteiger partial charge in [0.2, 0.25) is 0 Å². The number of anilines is 1. The summed E-state index contributed by atoms with van der Waals surface area (Å²) < 4.78 is 1.74. The Morgan fingerprint density at radius 2 is 2.47 bits per heavy atom. The first-order valence-electron chi connectivity index (χ1n) is 5.13. The van der Waals surface area contributed by atoms with Crippen molar-refractivity contribution in [2.45, 2.75) is 12.8 Å². The van der Waals surface area contributed by atoms with Crippen LogP contribution in [0.15, 0.2) is 12.4 Å². The molecule has 2 heterocycles. The highest BCUT2D eigenvalue weighted by atomic mass is 16.4. The van der Waals surface area contributed by atoms with Crippen molar-refractivity contribution in [1.29, 1.82) is 0 Å². The molecule has 1 atom stereocenters. The molecule has 1 aromatic heterocycles. The number of piperidine rings is 1. The molecule has 1 aromatic rings. The summed E-state index contributed by atoms with van der Waals surface area (Å²) in [5.74, 6) is -0.928. The Kier molecular flexibility index (Phi) is 2.62. The second kappa shape index (κ2) is 3.92. The molecule has 15 heavy (non-hydrogen) atoms. The lowest BCUT2D eigenvalue weighted by atomic mass is 9.98. The lowest BCUT2D eigenvalue weighted by molar-refractivity contribution is -0.141. The standard InChI is InChI=1S/C10H15N3O2/c1-12-7-9(5-11-12)13-4-2-3-8(6-13)10(14)15/h5,7-8H,2-4,6H2,1H3,(H,14,15). The van der Waals surface area contributed by atoms with Crippen molar-refractivity contribution in [2.75, 3.05) is 18.0 Å². The molecule has 0 spiro atoms. The van der Waals surface area contributed by atoms with Crippen molar-refractivity contribution in [3.63, 3.8) is 0 Å². The Balaban J connectivity index is 2.07.